The molecule has 2 aliphatic heterocycles. The zero-order valence-electron chi connectivity index (χ0n) is 40.1. The minimum atomic E-state index is -0.101. The Morgan fingerprint density at radius 3 is 1.73 bits per heavy atom. The first-order valence-corrected chi connectivity index (χ1v) is 25.9. The molecule has 0 fully saturated rings. The first-order valence-electron chi connectivity index (χ1n) is 25.1. The minimum Gasteiger partial charge on any atom is -0.310 e. The highest BCUT2D eigenvalue weighted by molar-refractivity contribution is 8.00. The molecule has 71 heavy (non-hydrogen) atoms. The van der Waals surface area contributed by atoms with Crippen molar-refractivity contribution in [1.29, 1.82) is 0 Å². The summed E-state index contributed by atoms with van der Waals surface area (Å²) < 4.78 is 0. The summed E-state index contributed by atoms with van der Waals surface area (Å²) in [6.07, 6.45) is 14.3. The molecule has 2 heterocycles. The lowest BCUT2D eigenvalue weighted by molar-refractivity contribution is 0.589. The molecule has 5 aliphatic rings. The average Bonchev–Trinajstić information content (AvgIpc) is 3.42. The van der Waals surface area contributed by atoms with Crippen LogP contribution in [0.5, 0.6) is 0 Å². The van der Waals surface area contributed by atoms with Crippen LogP contribution in [0.2, 0.25) is 0 Å². The van der Waals surface area contributed by atoms with Crippen molar-refractivity contribution in [2.75, 3.05) is 4.90 Å². The molecule has 9 aromatic carbocycles. The fourth-order valence-electron chi connectivity index (χ4n) is 12.2. The number of nitrogens with zero attached hydrogens (tertiary/aromatic N) is 1. The van der Waals surface area contributed by atoms with Gasteiger partial charge in [0.2, 0.25) is 6.71 Å². The van der Waals surface area contributed by atoms with E-state index in [1.807, 2.05) is 11.8 Å². The van der Waals surface area contributed by atoms with Crippen LogP contribution in [0.4, 0.5) is 17.1 Å². The van der Waals surface area contributed by atoms with Crippen molar-refractivity contribution in [2.24, 2.45) is 5.92 Å². The molecule has 0 spiro atoms. The number of anilines is 3. The predicted octanol–water partition coefficient (Wildman–Crippen LogP) is 16.2. The van der Waals surface area contributed by atoms with E-state index in [9.17, 15) is 0 Å². The third-order valence-electron chi connectivity index (χ3n) is 15.6. The van der Waals surface area contributed by atoms with Crippen LogP contribution in [0, 0.1) is 5.92 Å². The van der Waals surface area contributed by atoms with E-state index in [1.54, 1.807) is 0 Å². The van der Waals surface area contributed by atoms with Gasteiger partial charge in [0.25, 0.3) is 0 Å². The number of hydrogen-bond acceptors (Lipinski definition) is 2. The minimum absolute atomic E-state index is 0.00814. The van der Waals surface area contributed by atoms with Gasteiger partial charge < -0.3 is 4.90 Å². The molecular formula is C68H50BNS. The standard InChI is InChI=1S/C68H50BNS/c1-68(2,3)53-41-61-66-63(42-53)71-62-36-32-51(54-33-29-49-28-27-47-25-16-26-48-30-34-55(54)65(49)64(47)48)40-59(62)69(66)58-39-50(43-17-8-4-9-18-43)31-35-60(58)70(61)67-56(45-21-12-6-13-22-45)37-52(44-19-10-5-11-20-44)38-57(67)46-23-14-7-15-24-46/h4-42,55,65H,1-3H3. The van der Waals surface area contributed by atoms with Gasteiger partial charge in [0.05, 0.1) is 5.69 Å². The van der Waals surface area contributed by atoms with Crippen LogP contribution in [-0.2, 0) is 5.41 Å². The second kappa shape index (κ2) is 16.4. The zero-order chi connectivity index (χ0) is 47.4. The highest BCUT2D eigenvalue weighted by Crippen LogP contribution is 2.54. The Morgan fingerprint density at radius 2 is 1.07 bits per heavy atom. The molecule has 0 bridgehead atoms. The van der Waals surface area contributed by atoms with Crippen molar-refractivity contribution in [2.45, 2.75) is 41.9 Å². The van der Waals surface area contributed by atoms with Gasteiger partial charge in [-0.25, -0.2) is 0 Å². The number of fused-ring (bicyclic) bond motifs is 4. The molecule has 3 aliphatic carbocycles. The van der Waals surface area contributed by atoms with E-state index in [2.05, 4.69) is 262 Å². The predicted molar refractivity (Wildman–Crippen MR) is 304 cm³/mol. The Morgan fingerprint density at radius 1 is 0.465 bits per heavy atom. The molecule has 336 valence electrons. The monoisotopic (exact) mass is 923 g/mol. The van der Waals surface area contributed by atoms with Crippen molar-refractivity contribution in [3.05, 3.63) is 258 Å². The summed E-state index contributed by atoms with van der Waals surface area (Å²) in [6, 6.07) is 75.4. The molecule has 1 nitrogen and oxygen atoms in total. The maximum atomic E-state index is 2.66. The van der Waals surface area contributed by atoms with Gasteiger partial charge in [0, 0.05) is 44.1 Å². The number of allylic oxidation sites excluding steroid dienone is 6. The van der Waals surface area contributed by atoms with Gasteiger partial charge in [-0.05, 0) is 125 Å². The molecule has 2 atom stereocenters. The first-order chi connectivity index (χ1) is 34.8. The van der Waals surface area contributed by atoms with E-state index in [0.717, 1.165) is 0 Å². The third-order valence-corrected chi connectivity index (χ3v) is 16.8. The van der Waals surface area contributed by atoms with Crippen molar-refractivity contribution in [1.82, 2.24) is 0 Å². The second-order valence-corrected chi connectivity index (χ2v) is 21.9. The first kappa shape index (κ1) is 42.1. The molecule has 0 saturated carbocycles. The maximum Gasteiger partial charge on any atom is 0.249 e. The SMILES string of the molecule is CC(C)(C)c1cc2c3c(c1)N(c1c(-c4ccccc4)cc(-c4ccccc4)cc1-c1ccccc1)c1ccc(-c4ccccc4)cc1B3c1cc(C3=CC=C4C=Cc5cccc6c5C4C3C=C6)ccc1S2. The lowest BCUT2D eigenvalue weighted by Gasteiger charge is -2.43. The summed E-state index contributed by atoms with van der Waals surface area (Å²) in [5.74, 6) is 0.568. The van der Waals surface area contributed by atoms with Gasteiger partial charge >= 0.3 is 0 Å². The van der Waals surface area contributed by atoms with Crippen molar-refractivity contribution >= 4 is 69.7 Å². The van der Waals surface area contributed by atoms with Crippen LogP contribution in [0.25, 0.3) is 62.2 Å². The van der Waals surface area contributed by atoms with Gasteiger partial charge in [-0.15, -0.1) is 0 Å². The normalized spacial score (nSPS) is 16.6. The molecule has 3 heteroatoms. The maximum absolute atomic E-state index is 2.66. The Bertz CT molecular complexity index is 3700. The van der Waals surface area contributed by atoms with Gasteiger partial charge in [-0.3, -0.25) is 0 Å². The van der Waals surface area contributed by atoms with Gasteiger partial charge in [-0.2, -0.15) is 0 Å². The van der Waals surface area contributed by atoms with Crippen LogP contribution in [0.3, 0.4) is 0 Å². The fraction of sp³-hybridized carbons (Fsp3) is 0.0882. The van der Waals surface area contributed by atoms with Gasteiger partial charge in [0.1, 0.15) is 0 Å². The number of benzene rings is 9. The van der Waals surface area contributed by atoms with Crippen molar-refractivity contribution < 1.29 is 0 Å². The average molecular weight is 924 g/mol. The van der Waals surface area contributed by atoms with E-state index in [-0.39, 0.29) is 18.0 Å². The second-order valence-electron chi connectivity index (χ2n) is 20.8. The molecular weight excluding hydrogens is 874 g/mol. The largest absolute Gasteiger partial charge is 0.310 e. The Hall–Kier alpha value is -7.85. The summed E-state index contributed by atoms with van der Waals surface area (Å²) in [5.41, 5.74) is 26.8. The highest BCUT2D eigenvalue weighted by Gasteiger charge is 2.44. The molecule has 0 N–H and O–H groups in total. The van der Waals surface area contributed by atoms with E-state index in [1.165, 1.54) is 127 Å². The van der Waals surface area contributed by atoms with Crippen LogP contribution < -0.4 is 21.3 Å². The van der Waals surface area contributed by atoms with Gasteiger partial charge in [-0.1, -0.05) is 238 Å². The summed E-state index contributed by atoms with van der Waals surface area (Å²) in [6.45, 7) is 7.08. The fourth-order valence-corrected chi connectivity index (χ4v) is 13.4. The summed E-state index contributed by atoms with van der Waals surface area (Å²) in [4.78, 5) is 5.33. The zero-order valence-corrected chi connectivity index (χ0v) is 40.9. The summed E-state index contributed by atoms with van der Waals surface area (Å²) in [5, 5.41) is 0. The molecule has 9 aromatic rings. The van der Waals surface area contributed by atoms with E-state index >= 15 is 0 Å². The van der Waals surface area contributed by atoms with Crippen LogP contribution in [0.1, 0.15) is 54.5 Å². The topological polar surface area (TPSA) is 3.24 Å². The third kappa shape index (κ3) is 6.85. The molecule has 0 aromatic heterocycles. The summed E-state index contributed by atoms with van der Waals surface area (Å²) in [7, 11) is 0. The van der Waals surface area contributed by atoms with Crippen LogP contribution in [0.15, 0.2) is 240 Å². The molecule has 14 rings (SSSR count). The van der Waals surface area contributed by atoms with Crippen LogP contribution in [-0.4, -0.2) is 6.71 Å². The molecule has 2 unspecified atom stereocenters. The Balaban J connectivity index is 1.05. The lowest BCUT2D eigenvalue weighted by atomic mass is 9.34. The summed E-state index contributed by atoms with van der Waals surface area (Å²) >= 11 is 1.95. The van der Waals surface area contributed by atoms with E-state index in [4.69, 9.17) is 0 Å². The Labute approximate surface area is 422 Å². The van der Waals surface area contributed by atoms with E-state index in [0.29, 0.717) is 5.92 Å². The number of rotatable bonds is 6. The molecule has 0 radical (unpaired) electrons. The van der Waals surface area contributed by atoms with Gasteiger partial charge in [0.15, 0.2) is 0 Å². The van der Waals surface area contributed by atoms with E-state index < -0.39 is 0 Å². The molecule has 0 amide bonds. The Kier molecular flexibility index (Phi) is 9.70. The quantitative estimate of drug-likeness (QED) is 0.153. The molecule has 0 saturated heterocycles. The van der Waals surface area contributed by atoms with Crippen molar-refractivity contribution in [3.63, 3.8) is 0 Å². The smallest absolute Gasteiger partial charge is 0.249 e. The van der Waals surface area contributed by atoms with Crippen molar-refractivity contribution in [3.8, 4) is 44.5 Å². The van der Waals surface area contributed by atoms with Crippen LogP contribution >= 0.6 is 11.8 Å². The lowest BCUT2D eigenvalue weighted by Crippen LogP contribution is -2.60. The number of hydrogen-bond donors (Lipinski definition) is 0. The highest BCUT2D eigenvalue weighted by atomic mass is 32.2.